The molecule has 1 aromatic rings. The van der Waals surface area contributed by atoms with Crippen molar-refractivity contribution in [1.82, 2.24) is 4.31 Å². The summed E-state index contributed by atoms with van der Waals surface area (Å²) in [6.45, 7) is 4.78. The molecule has 0 aliphatic heterocycles. The molecule has 0 saturated carbocycles. The highest BCUT2D eigenvalue weighted by Crippen LogP contribution is 2.22. The van der Waals surface area contributed by atoms with Crippen LogP contribution in [0.25, 0.3) is 0 Å². The number of benzene rings is 1. The van der Waals surface area contributed by atoms with Gasteiger partial charge in [-0.15, -0.1) is 0 Å². The summed E-state index contributed by atoms with van der Waals surface area (Å²) in [5.74, 6) is -0.468. The van der Waals surface area contributed by atoms with E-state index in [0.29, 0.717) is 5.56 Å². The lowest BCUT2D eigenvalue weighted by molar-refractivity contribution is 0.236. The molecule has 1 N–H and O–H groups in total. The molecule has 0 unspecified atom stereocenters. The molecule has 0 bridgehead atoms. The Kier molecular flexibility index (Phi) is 4.84. The number of aryl methyl sites for hydroxylation is 1. The summed E-state index contributed by atoms with van der Waals surface area (Å²) in [6.07, 6.45) is 0. The van der Waals surface area contributed by atoms with Crippen LogP contribution in [0, 0.1) is 12.7 Å². The minimum Gasteiger partial charge on any atom is -0.395 e. The normalized spacial score (nSPS) is 12.4. The highest BCUT2D eigenvalue weighted by molar-refractivity contribution is 7.89. The molecule has 0 saturated heterocycles. The third-order valence-corrected chi connectivity index (χ3v) is 4.86. The molecule has 0 amide bonds. The van der Waals surface area contributed by atoms with Crippen molar-refractivity contribution in [2.75, 3.05) is 13.2 Å². The number of aliphatic hydroxyl groups excluding tert-OH is 1. The van der Waals surface area contributed by atoms with E-state index in [0.717, 1.165) is 6.07 Å². The lowest BCUT2D eigenvalue weighted by Crippen LogP contribution is -2.39. The van der Waals surface area contributed by atoms with Gasteiger partial charge in [0.15, 0.2) is 0 Å². The Morgan fingerprint density at radius 3 is 2.44 bits per heavy atom. The maximum Gasteiger partial charge on any atom is 0.243 e. The van der Waals surface area contributed by atoms with E-state index >= 15 is 0 Å². The number of sulfonamides is 1. The summed E-state index contributed by atoms with van der Waals surface area (Å²) >= 11 is 0. The second-order valence-electron chi connectivity index (χ2n) is 4.34. The van der Waals surface area contributed by atoms with Crippen LogP contribution in [0.1, 0.15) is 19.4 Å². The first-order valence-corrected chi connectivity index (χ1v) is 7.13. The fourth-order valence-electron chi connectivity index (χ4n) is 1.78. The number of aliphatic hydroxyl groups is 1. The van der Waals surface area contributed by atoms with Crippen molar-refractivity contribution in [3.05, 3.63) is 29.6 Å². The standard InChI is InChI=1S/C12H18FNO3S/c1-9(2)14(6-7-15)18(16,17)12-5-4-11(13)8-10(12)3/h4-5,8-9,15H,6-7H2,1-3H3. The van der Waals surface area contributed by atoms with Crippen LogP contribution in [-0.2, 0) is 10.0 Å². The second kappa shape index (κ2) is 5.77. The first-order valence-electron chi connectivity index (χ1n) is 5.69. The highest BCUT2D eigenvalue weighted by Gasteiger charge is 2.27. The summed E-state index contributed by atoms with van der Waals surface area (Å²) in [5, 5.41) is 8.94. The van der Waals surface area contributed by atoms with Gasteiger partial charge >= 0.3 is 0 Å². The van der Waals surface area contributed by atoms with Crippen molar-refractivity contribution < 1.29 is 17.9 Å². The van der Waals surface area contributed by atoms with Crippen LogP contribution < -0.4 is 0 Å². The highest BCUT2D eigenvalue weighted by atomic mass is 32.2. The van der Waals surface area contributed by atoms with Crippen LogP contribution in [-0.4, -0.2) is 37.0 Å². The van der Waals surface area contributed by atoms with Crippen molar-refractivity contribution in [1.29, 1.82) is 0 Å². The summed E-state index contributed by atoms with van der Waals surface area (Å²) in [6, 6.07) is 3.29. The third kappa shape index (κ3) is 3.07. The SMILES string of the molecule is Cc1cc(F)ccc1S(=O)(=O)N(CCO)C(C)C. The van der Waals surface area contributed by atoms with Gasteiger partial charge in [-0.2, -0.15) is 4.31 Å². The van der Waals surface area contributed by atoms with Gasteiger partial charge in [-0.3, -0.25) is 0 Å². The molecule has 1 aromatic carbocycles. The van der Waals surface area contributed by atoms with Crippen LogP contribution in [0.2, 0.25) is 0 Å². The Bertz CT molecular complexity index is 514. The van der Waals surface area contributed by atoms with Crippen LogP contribution in [0.4, 0.5) is 4.39 Å². The van der Waals surface area contributed by atoms with E-state index in [1.54, 1.807) is 20.8 Å². The largest absolute Gasteiger partial charge is 0.395 e. The van der Waals surface area contributed by atoms with Crippen LogP contribution in [0.5, 0.6) is 0 Å². The smallest absolute Gasteiger partial charge is 0.243 e. The molecule has 0 aliphatic rings. The average molecular weight is 275 g/mol. The second-order valence-corrected chi connectivity index (χ2v) is 6.20. The van der Waals surface area contributed by atoms with Crippen LogP contribution in [0.15, 0.2) is 23.1 Å². The summed E-state index contributed by atoms with van der Waals surface area (Å²) < 4.78 is 39.0. The van der Waals surface area contributed by atoms with E-state index in [1.165, 1.54) is 16.4 Å². The number of halogens is 1. The van der Waals surface area contributed by atoms with Crippen molar-refractivity contribution in [2.24, 2.45) is 0 Å². The molecule has 4 nitrogen and oxygen atoms in total. The van der Waals surface area contributed by atoms with Gasteiger partial charge in [0, 0.05) is 12.6 Å². The minimum absolute atomic E-state index is 0.0246. The molecule has 1 rings (SSSR count). The molecule has 0 aliphatic carbocycles. The van der Waals surface area contributed by atoms with Crippen molar-refractivity contribution in [2.45, 2.75) is 31.7 Å². The fourth-order valence-corrected chi connectivity index (χ4v) is 3.62. The molecule has 0 atom stereocenters. The quantitative estimate of drug-likeness (QED) is 0.886. The Morgan fingerprint density at radius 1 is 1.39 bits per heavy atom. The molecule has 0 fully saturated rings. The first kappa shape index (κ1) is 15.1. The Morgan fingerprint density at radius 2 is 2.00 bits per heavy atom. The van der Waals surface area contributed by atoms with Gasteiger partial charge in [0.25, 0.3) is 0 Å². The molecule has 0 radical (unpaired) electrons. The topological polar surface area (TPSA) is 57.6 Å². The molecular weight excluding hydrogens is 257 g/mol. The maximum atomic E-state index is 13.0. The summed E-state index contributed by atoms with van der Waals surface area (Å²) in [5.41, 5.74) is 0.360. The maximum absolute atomic E-state index is 13.0. The lowest BCUT2D eigenvalue weighted by atomic mass is 10.2. The lowest BCUT2D eigenvalue weighted by Gasteiger charge is -2.25. The van der Waals surface area contributed by atoms with E-state index < -0.39 is 15.8 Å². The Hall–Kier alpha value is -0.980. The average Bonchev–Trinajstić information content (AvgIpc) is 2.24. The van der Waals surface area contributed by atoms with Crippen molar-refractivity contribution in [3.63, 3.8) is 0 Å². The van der Waals surface area contributed by atoms with Gasteiger partial charge in [-0.05, 0) is 44.5 Å². The van der Waals surface area contributed by atoms with Crippen LogP contribution >= 0.6 is 0 Å². The molecule has 18 heavy (non-hydrogen) atoms. The van der Waals surface area contributed by atoms with Gasteiger partial charge in [0.05, 0.1) is 11.5 Å². The van der Waals surface area contributed by atoms with E-state index in [4.69, 9.17) is 5.11 Å². The number of nitrogens with zero attached hydrogens (tertiary/aromatic N) is 1. The molecular formula is C12H18FNO3S. The Labute approximate surface area is 107 Å². The molecule has 0 spiro atoms. The van der Waals surface area contributed by atoms with Crippen molar-refractivity contribution >= 4 is 10.0 Å². The number of rotatable bonds is 5. The summed E-state index contributed by atoms with van der Waals surface area (Å²) in [7, 11) is -3.70. The van der Waals surface area contributed by atoms with Crippen molar-refractivity contribution in [3.8, 4) is 0 Å². The first-order chi connectivity index (χ1) is 8.30. The minimum atomic E-state index is -3.70. The van der Waals surface area contributed by atoms with Gasteiger partial charge in [0.1, 0.15) is 5.82 Å². The monoisotopic (exact) mass is 275 g/mol. The molecule has 102 valence electrons. The van der Waals surface area contributed by atoms with E-state index in [2.05, 4.69) is 0 Å². The summed E-state index contributed by atoms with van der Waals surface area (Å²) in [4.78, 5) is 0.0750. The predicted molar refractivity (Wildman–Crippen MR) is 67.3 cm³/mol. The number of hydrogen-bond donors (Lipinski definition) is 1. The van der Waals surface area contributed by atoms with Gasteiger partial charge in [-0.1, -0.05) is 0 Å². The van der Waals surface area contributed by atoms with Gasteiger partial charge < -0.3 is 5.11 Å². The third-order valence-electron chi connectivity index (χ3n) is 2.62. The van der Waals surface area contributed by atoms with Gasteiger partial charge in [-0.25, -0.2) is 12.8 Å². The van der Waals surface area contributed by atoms with E-state index in [9.17, 15) is 12.8 Å². The molecule has 6 heteroatoms. The fraction of sp³-hybridized carbons (Fsp3) is 0.500. The zero-order chi connectivity index (χ0) is 13.9. The van der Waals surface area contributed by atoms with Gasteiger partial charge in [0.2, 0.25) is 10.0 Å². The zero-order valence-electron chi connectivity index (χ0n) is 10.7. The molecule has 0 aromatic heterocycles. The van der Waals surface area contributed by atoms with Crippen LogP contribution in [0.3, 0.4) is 0 Å². The van der Waals surface area contributed by atoms with E-state index in [-0.39, 0.29) is 24.1 Å². The Balaban J connectivity index is 3.26. The number of hydrogen-bond acceptors (Lipinski definition) is 3. The van der Waals surface area contributed by atoms with E-state index in [1.807, 2.05) is 0 Å². The zero-order valence-corrected chi connectivity index (χ0v) is 11.5. The molecule has 0 heterocycles. The predicted octanol–water partition coefficient (Wildman–Crippen LogP) is 1.53.